The van der Waals surface area contributed by atoms with E-state index in [1.165, 1.54) is 11.1 Å². The lowest BCUT2D eigenvalue weighted by atomic mass is 9.95. The number of benzene rings is 2. The first kappa shape index (κ1) is 14.4. The average molecular weight is 302 g/mol. The van der Waals surface area contributed by atoms with Gasteiger partial charge in [0.25, 0.3) is 0 Å². The van der Waals surface area contributed by atoms with Gasteiger partial charge in [0.1, 0.15) is 5.75 Å². The molecule has 110 valence electrons. The first-order valence-electron chi connectivity index (χ1n) is 7.54. The van der Waals surface area contributed by atoms with Crippen molar-refractivity contribution < 1.29 is 4.74 Å². The topological polar surface area (TPSA) is 21.3 Å². The number of hydrogen-bond donors (Lipinski definition) is 1. The second kappa shape index (κ2) is 6.50. The maximum absolute atomic E-state index is 6.44. The SMILES string of the molecule is CCCNC1CCOc2c(Cl)cc(-c3ccccc3)cc21. The van der Waals surface area contributed by atoms with E-state index in [1.54, 1.807) is 0 Å². The first-order chi connectivity index (χ1) is 10.3. The van der Waals surface area contributed by atoms with E-state index >= 15 is 0 Å². The Labute approximate surface area is 131 Å². The lowest BCUT2D eigenvalue weighted by Crippen LogP contribution is -2.27. The van der Waals surface area contributed by atoms with Crippen LogP contribution in [0.25, 0.3) is 11.1 Å². The molecule has 3 heteroatoms. The Morgan fingerprint density at radius 1 is 1.19 bits per heavy atom. The molecule has 0 aromatic heterocycles. The zero-order valence-corrected chi connectivity index (χ0v) is 13.0. The minimum atomic E-state index is 0.329. The number of halogens is 1. The van der Waals surface area contributed by atoms with Crippen LogP contribution < -0.4 is 10.1 Å². The molecule has 2 aromatic rings. The average Bonchev–Trinajstić information content (AvgIpc) is 2.54. The predicted octanol–water partition coefficient (Wildman–Crippen LogP) is 4.83. The summed E-state index contributed by atoms with van der Waals surface area (Å²) in [5.41, 5.74) is 3.51. The van der Waals surface area contributed by atoms with Crippen LogP contribution in [0.15, 0.2) is 42.5 Å². The van der Waals surface area contributed by atoms with Crippen LogP contribution in [0.1, 0.15) is 31.4 Å². The molecule has 3 rings (SSSR count). The Morgan fingerprint density at radius 2 is 2.00 bits per heavy atom. The Bertz CT molecular complexity index is 612. The van der Waals surface area contributed by atoms with Gasteiger partial charge in [-0.25, -0.2) is 0 Å². The summed E-state index contributed by atoms with van der Waals surface area (Å²) in [4.78, 5) is 0. The highest BCUT2D eigenvalue weighted by Crippen LogP contribution is 2.41. The number of hydrogen-bond acceptors (Lipinski definition) is 2. The van der Waals surface area contributed by atoms with Gasteiger partial charge < -0.3 is 10.1 Å². The Balaban J connectivity index is 2.01. The Hall–Kier alpha value is -1.51. The van der Waals surface area contributed by atoms with E-state index in [0.29, 0.717) is 11.1 Å². The van der Waals surface area contributed by atoms with Crippen molar-refractivity contribution in [2.75, 3.05) is 13.2 Å². The van der Waals surface area contributed by atoms with Gasteiger partial charge in [0, 0.05) is 18.0 Å². The molecule has 1 aliphatic heterocycles. The van der Waals surface area contributed by atoms with Crippen molar-refractivity contribution in [3.63, 3.8) is 0 Å². The molecule has 0 bridgehead atoms. The van der Waals surface area contributed by atoms with E-state index < -0.39 is 0 Å². The quantitative estimate of drug-likeness (QED) is 0.873. The van der Waals surface area contributed by atoms with Crippen molar-refractivity contribution in [2.45, 2.75) is 25.8 Å². The van der Waals surface area contributed by atoms with E-state index in [2.05, 4.69) is 30.4 Å². The molecule has 1 atom stereocenters. The molecule has 1 unspecified atom stereocenters. The van der Waals surface area contributed by atoms with Gasteiger partial charge in [-0.2, -0.15) is 0 Å². The van der Waals surface area contributed by atoms with Crippen LogP contribution in [0.4, 0.5) is 0 Å². The molecule has 2 nitrogen and oxygen atoms in total. The number of rotatable bonds is 4. The summed E-state index contributed by atoms with van der Waals surface area (Å²) in [5.74, 6) is 0.844. The maximum atomic E-state index is 6.44. The summed E-state index contributed by atoms with van der Waals surface area (Å²) in [6, 6.07) is 14.9. The molecule has 1 aliphatic rings. The molecule has 1 N–H and O–H groups in total. The van der Waals surface area contributed by atoms with Crippen LogP contribution >= 0.6 is 11.6 Å². The fourth-order valence-corrected chi connectivity index (χ4v) is 3.07. The fourth-order valence-electron chi connectivity index (χ4n) is 2.79. The second-order valence-corrected chi connectivity index (χ2v) is 5.79. The standard InChI is InChI=1S/C18H20ClNO/c1-2-9-20-17-8-10-21-18-15(17)11-14(12-16(18)19)13-6-4-3-5-7-13/h3-7,11-12,17,20H,2,8-10H2,1H3. The third-order valence-electron chi connectivity index (χ3n) is 3.85. The second-order valence-electron chi connectivity index (χ2n) is 5.39. The van der Waals surface area contributed by atoms with Gasteiger partial charge >= 0.3 is 0 Å². The van der Waals surface area contributed by atoms with Gasteiger partial charge in [-0.05, 0) is 36.2 Å². The van der Waals surface area contributed by atoms with E-state index in [1.807, 2.05) is 24.3 Å². The van der Waals surface area contributed by atoms with Crippen molar-refractivity contribution in [2.24, 2.45) is 0 Å². The van der Waals surface area contributed by atoms with Gasteiger partial charge in [-0.1, -0.05) is 48.9 Å². The highest BCUT2D eigenvalue weighted by atomic mass is 35.5. The largest absolute Gasteiger partial charge is 0.492 e. The Kier molecular flexibility index (Phi) is 4.47. The summed E-state index contributed by atoms with van der Waals surface area (Å²) in [7, 11) is 0. The van der Waals surface area contributed by atoms with Crippen LogP contribution in [0.5, 0.6) is 5.75 Å². The molecule has 0 aliphatic carbocycles. The number of nitrogens with one attached hydrogen (secondary N) is 1. The lowest BCUT2D eigenvalue weighted by Gasteiger charge is -2.28. The molecular formula is C18H20ClNO. The number of ether oxygens (including phenoxy) is 1. The molecule has 2 aromatic carbocycles. The summed E-state index contributed by atoms with van der Waals surface area (Å²) >= 11 is 6.44. The Morgan fingerprint density at radius 3 is 2.76 bits per heavy atom. The van der Waals surface area contributed by atoms with Gasteiger partial charge in [-0.15, -0.1) is 0 Å². The minimum absolute atomic E-state index is 0.329. The van der Waals surface area contributed by atoms with Crippen LogP contribution in [0.2, 0.25) is 5.02 Å². The molecular weight excluding hydrogens is 282 g/mol. The summed E-state index contributed by atoms with van der Waals surface area (Å²) in [6.07, 6.45) is 2.11. The zero-order valence-electron chi connectivity index (χ0n) is 12.2. The van der Waals surface area contributed by atoms with Gasteiger partial charge in [0.05, 0.1) is 11.6 Å². The van der Waals surface area contributed by atoms with Crippen molar-refractivity contribution >= 4 is 11.6 Å². The molecule has 0 fully saturated rings. The molecule has 0 spiro atoms. The minimum Gasteiger partial charge on any atom is -0.492 e. The van der Waals surface area contributed by atoms with Crippen molar-refractivity contribution in [1.82, 2.24) is 5.32 Å². The van der Waals surface area contributed by atoms with Crippen molar-refractivity contribution in [3.8, 4) is 16.9 Å². The van der Waals surface area contributed by atoms with Crippen LogP contribution in [-0.4, -0.2) is 13.2 Å². The highest BCUT2D eigenvalue weighted by Gasteiger charge is 2.24. The van der Waals surface area contributed by atoms with Crippen molar-refractivity contribution in [3.05, 3.63) is 53.1 Å². The predicted molar refractivity (Wildman–Crippen MR) is 88.0 cm³/mol. The number of fused-ring (bicyclic) bond motifs is 1. The first-order valence-corrected chi connectivity index (χ1v) is 7.92. The summed E-state index contributed by atoms with van der Waals surface area (Å²) < 4.78 is 5.78. The fraction of sp³-hybridized carbons (Fsp3) is 0.333. The van der Waals surface area contributed by atoms with Gasteiger partial charge in [0.2, 0.25) is 0 Å². The van der Waals surface area contributed by atoms with E-state index in [0.717, 1.165) is 37.3 Å². The van der Waals surface area contributed by atoms with Gasteiger partial charge in [0.15, 0.2) is 0 Å². The van der Waals surface area contributed by atoms with E-state index in [9.17, 15) is 0 Å². The summed E-state index contributed by atoms with van der Waals surface area (Å²) in [5, 5.41) is 4.30. The third kappa shape index (κ3) is 3.07. The van der Waals surface area contributed by atoms with E-state index in [4.69, 9.17) is 16.3 Å². The van der Waals surface area contributed by atoms with Crippen LogP contribution in [0.3, 0.4) is 0 Å². The normalized spacial score (nSPS) is 17.1. The maximum Gasteiger partial charge on any atom is 0.142 e. The zero-order chi connectivity index (χ0) is 14.7. The monoisotopic (exact) mass is 301 g/mol. The van der Waals surface area contributed by atoms with Crippen LogP contribution in [-0.2, 0) is 0 Å². The summed E-state index contributed by atoms with van der Waals surface area (Å²) in [6.45, 7) is 3.91. The molecule has 0 radical (unpaired) electrons. The molecule has 0 saturated carbocycles. The van der Waals surface area contributed by atoms with Gasteiger partial charge in [-0.3, -0.25) is 0 Å². The molecule has 21 heavy (non-hydrogen) atoms. The van der Waals surface area contributed by atoms with Crippen molar-refractivity contribution in [1.29, 1.82) is 0 Å². The van der Waals surface area contributed by atoms with Crippen LogP contribution in [0, 0.1) is 0 Å². The third-order valence-corrected chi connectivity index (χ3v) is 4.13. The molecule has 0 amide bonds. The molecule has 0 saturated heterocycles. The smallest absolute Gasteiger partial charge is 0.142 e. The molecule has 1 heterocycles. The lowest BCUT2D eigenvalue weighted by molar-refractivity contribution is 0.253. The van der Waals surface area contributed by atoms with E-state index in [-0.39, 0.29) is 0 Å². The highest BCUT2D eigenvalue weighted by molar-refractivity contribution is 6.32.